The molecule has 0 saturated carbocycles. The van der Waals surface area contributed by atoms with E-state index in [1.807, 2.05) is 6.07 Å². The van der Waals surface area contributed by atoms with Gasteiger partial charge in [-0.2, -0.15) is 0 Å². The number of carbonyl (C=O) groups is 1. The van der Waals surface area contributed by atoms with Crippen LogP contribution in [0.15, 0.2) is 78.0 Å². The molecular weight excluding hydrogens is 410 g/mol. The average Bonchev–Trinajstić information content (AvgIpc) is 2.68. The van der Waals surface area contributed by atoms with Gasteiger partial charge in [0.25, 0.3) is 10.0 Å². The van der Waals surface area contributed by atoms with Crippen LogP contribution in [0.2, 0.25) is 5.02 Å². The maximum atomic E-state index is 12.8. The molecule has 3 aromatic rings. The third-order valence-electron chi connectivity index (χ3n) is 3.93. The topological polar surface area (TPSA) is 88.2 Å². The van der Waals surface area contributed by atoms with Crippen LogP contribution in [0.25, 0.3) is 6.08 Å². The number of benzene rings is 2. The standard InChI is InChI=1S/C21H18ClN3O3S/c1-15-7-9-18(24-21(26)10-8-16-4-3-11-23-14-16)13-20(15)29(27,28)25-19-6-2-5-17(22)12-19/h2-14,25H,1H3,(H,24,26). The number of hydrogen-bond donors (Lipinski definition) is 2. The Morgan fingerprint density at radius 1 is 1.07 bits per heavy atom. The molecule has 0 aliphatic carbocycles. The molecule has 2 aromatic carbocycles. The summed E-state index contributed by atoms with van der Waals surface area (Å²) in [4.78, 5) is 16.2. The predicted molar refractivity (Wildman–Crippen MR) is 115 cm³/mol. The highest BCUT2D eigenvalue weighted by Gasteiger charge is 2.18. The van der Waals surface area contributed by atoms with Crippen molar-refractivity contribution in [3.8, 4) is 0 Å². The van der Waals surface area contributed by atoms with E-state index in [1.54, 1.807) is 61.8 Å². The molecule has 0 bridgehead atoms. The number of pyridine rings is 1. The van der Waals surface area contributed by atoms with Crippen LogP contribution in [0, 0.1) is 6.92 Å². The molecule has 8 heteroatoms. The highest BCUT2D eigenvalue weighted by atomic mass is 35.5. The highest BCUT2D eigenvalue weighted by molar-refractivity contribution is 7.92. The zero-order valence-corrected chi connectivity index (χ0v) is 17.0. The Labute approximate surface area is 174 Å². The first kappa shape index (κ1) is 20.6. The van der Waals surface area contributed by atoms with Gasteiger partial charge in [0, 0.05) is 29.2 Å². The van der Waals surface area contributed by atoms with Crippen LogP contribution >= 0.6 is 11.6 Å². The van der Waals surface area contributed by atoms with Crippen molar-refractivity contribution < 1.29 is 13.2 Å². The second kappa shape index (κ2) is 8.89. The van der Waals surface area contributed by atoms with Crippen molar-refractivity contribution in [2.75, 3.05) is 10.0 Å². The monoisotopic (exact) mass is 427 g/mol. The van der Waals surface area contributed by atoms with Gasteiger partial charge in [-0.3, -0.25) is 14.5 Å². The Balaban J connectivity index is 1.78. The lowest BCUT2D eigenvalue weighted by atomic mass is 10.2. The molecule has 148 valence electrons. The molecule has 0 aliphatic rings. The summed E-state index contributed by atoms with van der Waals surface area (Å²) in [5, 5.41) is 3.09. The molecule has 1 heterocycles. The van der Waals surface area contributed by atoms with Crippen LogP contribution in [-0.4, -0.2) is 19.3 Å². The zero-order chi connectivity index (χ0) is 20.9. The van der Waals surface area contributed by atoms with Crippen LogP contribution in [0.1, 0.15) is 11.1 Å². The van der Waals surface area contributed by atoms with E-state index in [2.05, 4.69) is 15.0 Å². The van der Waals surface area contributed by atoms with Gasteiger partial charge in [0.2, 0.25) is 5.91 Å². The third kappa shape index (κ3) is 5.66. The molecule has 2 N–H and O–H groups in total. The summed E-state index contributed by atoms with van der Waals surface area (Å²) in [6.07, 6.45) is 6.25. The Bertz CT molecular complexity index is 1160. The summed E-state index contributed by atoms with van der Waals surface area (Å²) in [7, 11) is -3.86. The minimum Gasteiger partial charge on any atom is -0.322 e. The van der Waals surface area contributed by atoms with Gasteiger partial charge >= 0.3 is 0 Å². The number of hydrogen-bond acceptors (Lipinski definition) is 4. The SMILES string of the molecule is Cc1ccc(NC(=O)C=Cc2cccnc2)cc1S(=O)(=O)Nc1cccc(Cl)c1. The molecule has 3 rings (SSSR count). The number of carbonyl (C=O) groups excluding carboxylic acids is 1. The summed E-state index contributed by atoms with van der Waals surface area (Å²) in [5.74, 6) is -0.385. The second-order valence-electron chi connectivity index (χ2n) is 6.21. The van der Waals surface area contributed by atoms with E-state index in [1.165, 1.54) is 18.2 Å². The Morgan fingerprint density at radius 2 is 1.90 bits per heavy atom. The molecule has 1 amide bonds. The average molecular weight is 428 g/mol. The first-order chi connectivity index (χ1) is 13.8. The Morgan fingerprint density at radius 3 is 2.62 bits per heavy atom. The van der Waals surface area contributed by atoms with Crippen molar-refractivity contribution in [3.05, 3.63) is 89.2 Å². The number of sulfonamides is 1. The smallest absolute Gasteiger partial charge is 0.262 e. The highest BCUT2D eigenvalue weighted by Crippen LogP contribution is 2.24. The molecule has 0 saturated heterocycles. The van der Waals surface area contributed by atoms with Gasteiger partial charge in [0.15, 0.2) is 0 Å². The van der Waals surface area contributed by atoms with E-state index in [-0.39, 0.29) is 10.8 Å². The summed E-state index contributed by atoms with van der Waals surface area (Å²) in [6.45, 7) is 1.68. The van der Waals surface area contributed by atoms with Crippen molar-refractivity contribution in [1.29, 1.82) is 0 Å². The van der Waals surface area contributed by atoms with Crippen LogP contribution in [0.4, 0.5) is 11.4 Å². The van der Waals surface area contributed by atoms with Crippen molar-refractivity contribution >= 4 is 45.0 Å². The van der Waals surface area contributed by atoms with Crippen molar-refractivity contribution in [1.82, 2.24) is 4.98 Å². The van der Waals surface area contributed by atoms with Crippen LogP contribution in [0.3, 0.4) is 0 Å². The molecule has 6 nitrogen and oxygen atoms in total. The lowest BCUT2D eigenvalue weighted by Crippen LogP contribution is -2.15. The van der Waals surface area contributed by atoms with Crippen molar-refractivity contribution in [3.63, 3.8) is 0 Å². The maximum Gasteiger partial charge on any atom is 0.262 e. The molecule has 0 fully saturated rings. The van der Waals surface area contributed by atoms with Gasteiger partial charge in [-0.15, -0.1) is 0 Å². The van der Waals surface area contributed by atoms with Gasteiger partial charge in [-0.25, -0.2) is 8.42 Å². The minimum absolute atomic E-state index is 0.0616. The maximum absolute atomic E-state index is 12.8. The number of nitrogens with zero attached hydrogens (tertiary/aromatic N) is 1. The van der Waals surface area contributed by atoms with Gasteiger partial charge < -0.3 is 5.32 Å². The number of anilines is 2. The zero-order valence-electron chi connectivity index (χ0n) is 15.5. The summed E-state index contributed by atoms with van der Waals surface area (Å²) < 4.78 is 28.1. The van der Waals surface area contributed by atoms with Gasteiger partial charge in [-0.1, -0.05) is 29.8 Å². The number of rotatable bonds is 6. The van der Waals surface area contributed by atoms with E-state index in [9.17, 15) is 13.2 Å². The third-order valence-corrected chi connectivity index (χ3v) is 5.69. The summed E-state index contributed by atoms with van der Waals surface area (Å²) in [5.41, 5.74) is 2.04. The van der Waals surface area contributed by atoms with E-state index in [4.69, 9.17) is 11.6 Å². The lowest BCUT2D eigenvalue weighted by Gasteiger charge is -2.12. The van der Waals surface area contributed by atoms with Gasteiger partial charge in [-0.05, 0) is 60.5 Å². The molecular formula is C21H18ClN3O3S. The van der Waals surface area contributed by atoms with Crippen LogP contribution < -0.4 is 10.0 Å². The normalized spacial score (nSPS) is 11.4. The second-order valence-corrected chi connectivity index (χ2v) is 8.29. The number of nitrogens with one attached hydrogen (secondary N) is 2. The van der Waals surface area contributed by atoms with Crippen molar-refractivity contribution in [2.24, 2.45) is 0 Å². The predicted octanol–water partition coefficient (Wildman–Crippen LogP) is 4.50. The van der Waals surface area contributed by atoms with Crippen LogP contribution in [-0.2, 0) is 14.8 Å². The molecule has 0 aliphatic heterocycles. The fourth-order valence-electron chi connectivity index (χ4n) is 2.56. The van der Waals surface area contributed by atoms with Crippen LogP contribution in [0.5, 0.6) is 0 Å². The van der Waals surface area contributed by atoms with E-state index >= 15 is 0 Å². The molecule has 29 heavy (non-hydrogen) atoms. The molecule has 0 unspecified atom stereocenters. The molecule has 1 aromatic heterocycles. The lowest BCUT2D eigenvalue weighted by molar-refractivity contribution is -0.111. The summed E-state index contributed by atoms with van der Waals surface area (Å²) >= 11 is 5.91. The number of halogens is 1. The number of amides is 1. The van der Waals surface area contributed by atoms with Gasteiger partial charge in [0.05, 0.1) is 10.6 Å². The van der Waals surface area contributed by atoms with E-state index in [0.29, 0.717) is 22.0 Å². The van der Waals surface area contributed by atoms with E-state index in [0.717, 1.165) is 5.56 Å². The molecule has 0 atom stereocenters. The Hall–Kier alpha value is -3.16. The first-order valence-corrected chi connectivity index (χ1v) is 10.5. The summed E-state index contributed by atoms with van der Waals surface area (Å²) in [6, 6.07) is 14.7. The molecule has 0 radical (unpaired) electrons. The fourth-order valence-corrected chi connectivity index (χ4v) is 4.07. The van der Waals surface area contributed by atoms with Gasteiger partial charge in [0.1, 0.15) is 0 Å². The Kier molecular flexibility index (Phi) is 6.31. The largest absolute Gasteiger partial charge is 0.322 e. The number of aryl methyl sites for hydroxylation is 1. The number of aromatic nitrogens is 1. The quantitative estimate of drug-likeness (QED) is 0.567. The fraction of sp³-hybridized carbons (Fsp3) is 0.0476. The first-order valence-electron chi connectivity index (χ1n) is 8.62. The minimum atomic E-state index is -3.86. The van der Waals surface area contributed by atoms with E-state index < -0.39 is 10.0 Å². The molecule has 0 spiro atoms. The van der Waals surface area contributed by atoms with Crippen molar-refractivity contribution in [2.45, 2.75) is 11.8 Å².